The minimum atomic E-state index is -0.458. The normalized spacial score (nSPS) is 11.1. The number of carbonyl (C=O) groups excluding carboxylic acids is 2. The molecule has 2 amide bonds. The van der Waals surface area contributed by atoms with Crippen molar-refractivity contribution >= 4 is 39.5 Å². The minimum absolute atomic E-state index is 0.0753. The zero-order chi connectivity index (χ0) is 19.2. The van der Waals surface area contributed by atoms with Crippen LogP contribution in [0.3, 0.4) is 0 Å². The molecular formula is C21H17BrN2O3. The summed E-state index contributed by atoms with van der Waals surface area (Å²) in [7, 11) is 0. The van der Waals surface area contributed by atoms with Crippen LogP contribution in [0.2, 0.25) is 0 Å². The Morgan fingerprint density at radius 3 is 2.48 bits per heavy atom. The lowest BCUT2D eigenvalue weighted by Gasteiger charge is -2.12. The lowest BCUT2D eigenvalue weighted by atomic mass is 10.2. The highest BCUT2D eigenvalue weighted by Crippen LogP contribution is 2.24. The van der Waals surface area contributed by atoms with E-state index in [1.165, 1.54) is 12.3 Å². The van der Waals surface area contributed by atoms with Crippen LogP contribution in [-0.4, -0.2) is 11.8 Å². The van der Waals surface area contributed by atoms with Gasteiger partial charge in [-0.25, -0.2) is 0 Å². The summed E-state index contributed by atoms with van der Waals surface area (Å²) in [6, 6.07) is 17.7. The largest absolute Gasteiger partial charge is 0.465 e. The fourth-order valence-corrected chi connectivity index (χ4v) is 2.96. The smallest absolute Gasteiger partial charge is 0.272 e. The first kappa shape index (κ1) is 18.7. The average Bonchev–Trinajstić information content (AvgIpc) is 3.17. The Morgan fingerprint density at radius 1 is 1.04 bits per heavy atom. The lowest BCUT2D eigenvalue weighted by Crippen LogP contribution is -2.30. The van der Waals surface area contributed by atoms with Crippen LogP contribution in [0.4, 0.5) is 5.69 Å². The number of halogens is 1. The first-order chi connectivity index (χ1) is 13.0. The standard InChI is InChI=1S/C21H17BrN2O3/c1-14-9-10-18(17(22)12-14)23-21(26)19(13-16-8-5-11-27-16)24-20(25)15-6-3-2-4-7-15/h2-13H,1H3,(H,23,26)(H,24,25). The number of benzene rings is 2. The van der Waals surface area contributed by atoms with Gasteiger partial charge >= 0.3 is 0 Å². The zero-order valence-corrected chi connectivity index (χ0v) is 16.1. The summed E-state index contributed by atoms with van der Waals surface area (Å²) >= 11 is 3.43. The Balaban J connectivity index is 1.85. The number of furan rings is 1. The number of hydrogen-bond acceptors (Lipinski definition) is 3. The molecule has 0 fully saturated rings. The van der Waals surface area contributed by atoms with Gasteiger partial charge in [0.15, 0.2) is 0 Å². The van der Waals surface area contributed by atoms with Crippen LogP contribution < -0.4 is 10.6 Å². The maximum Gasteiger partial charge on any atom is 0.272 e. The van der Waals surface area contributed by atoms with Crippen molar-refractivity contribution in [3.05, 3.63) is 94.0 Å². The second-order valence-corrected chi connectivity index (χ2v) is 6.69. The summed E-state index contributed by atoms with van der Waals surface area (Å²) in [6.07, 6.45) is 2.98. The molecule has 1 heterocycles. The molecule has 0 bridgehead atoms. The monoisotopic (exact) mass is 424 g/mol. The maximum atomic E-state index is 12.8. The first-order valence-electron chi connectivity index (χ1n) is 8.22. The summed E-state index contributed by atoms with van der Waals surface area (Å²) < 4.78 is 6.03. The molecule has 0 radical (unpaired) electrons. The van der Waals surface area contributed by atoms with E-state index in [0.29, 0.717) is 17.0 Å². The SMILES string of the molecule is Cc1ccc(NC(=O)C(=Cc2ccco2)NC(=O)c2ccccc2)c(Br)c1. The van der Waals surface area contributed by atoms with Crippen LogP contribution in [0.1, 0.15) is 21.7 Å². The van der Waals surface area contributed by atoms with Crippen LogP contribution in [0.5, 0.6) is 0 Å². The van der Waals surface area contributed by atoms with Crippen molar-refractivity contribution in [2.75, 3.05) is 5.32 Å². The number of anilines is 1. The minimum Gasteiger partial charge on any atom is -0.465 e. The molecule has 2 N–H and O–H groups in total. The summed E-state index contributed by atoms with van der Waals surface area (Å²) in [5.74, 6) is -0.386. The summed E-state index contributed by atoms with van der Waals surface area (Å²) in [6.45, 7) is 1.96. The highest BCUT2D eigenvalue weighted by Gasteiger charge is 2.16. The Bertz CT molecular complexity index is 980. The summed E-state index contributed by atoms with van der Waals surface area (Å²) in [5, 5.41) is 5.45. The van der Waals surface area contributed by atoms with Crippen molar-refractivity contribution in [3.63, 3.8) is 0 Å². The molecule has 0 atom stereocenters. The van der Waals surface area contributed by atoms with E-state index in [2.05, 4.69) is 26.6 Å². The molecule has 5 nitrogen and oxygen atoms in total. The molecule has 0 saturated carbocycles. The topological polar surface area (TPSA) is 71.3 Å². The van der Waals surface area contributed by atoms with E-state index in [1.807, 2.05) is 25.1 Å². The molecule has 0 unspecified atom stereocenters. The zero-order valence-electron chi connectivity index (χ0n) is 14.5. The van der Waals surface area contributed by atoms with E-state index in [4.69, 9.17) is 4.42 Å². The van der Waals surface area contributed by atoms with Crippen molar-refractivity contribution in [1.82, 2.24) is 5.32 Å². The third-order valence-electron chi connectivity index (χ3n) is 3.73. The molecule has 3 rings (SSSR count). The molecule has 0 aliphatic carbocycles. The molecular weight excluding hydrogens is 408 g/mol. The molecule has 0 aliphatic heterocycles. The number of rotatable bonds is 5. The van der Waals surface area contributed by atoms with Crippen LogP contribution in [0.25, 0.3) is 6.08 Å². The number of aryl methyl sites for hydroxylation is 1. The van der Waals surface area contributed by atoms with Gasteiger partial charge in [-0.3, -0.25) is 9.59 Å². The number of nitrogens with one attached hydrogen (secondary N) is 2. The van der Waals surface area contributed by atoms with Crippen molar-refractivity contribution in [3.8, 4) is 0 Å². The molecule has 136 valence electrons. The number of amides is 2. The second-order valence-electron chi connectivity index (χ2n) is 5.83. The third kappa shape index (κ3) is 4.95. The van der Waals surface area contributed by atoms with E-state index in [9.17, 15) is 9.59 Å². The quantitative estimate of drug-likeness (QED) is 0.579. The molecule has 0 spiro atoms. The van der Waals surface area contributed by atoms with E-state index < -0.39 is 5.91 Å². The van der Waals surface area contributed by atoms with E-state index in [-0.39, 0.29) is 11.6 Å². The Labute approximate surface area is 165 Å². The van der Waals surface area contributed by atoms with Gasteiger partial charge in [0, 0.05) is 16.1 Å². The van der Waals surface area contributed by atoms with Gasteiger partial charge in [-0.2, -0.15) is 0 Å². The van der Waals surface area contributed by atoms with Gasteiger partial charge in [0.2, 0.25) is 0 Å². The van der Waals surface area contributed by atoms with Gasteiger partial charge in [-0.1, -0.05) is 24.3 Å². The highest BCUT2D eigenvalue weighted by atomic mass is 79.9. The maximum absolute atomic E-state index is 12.8. The van der Waals surface area contributed by atoms with Gasteiger partial charge in [-0.15, -0.1) is 0 Å². The van der Waals surface area contributed by atoms with E-state index >= 15 is 0 Å². The highest BCUT2D eigenvalue weighted by molar-refractivity contribution is 9.10. The van der Waals surface area contributed by atoms with Gasteiger partial charge < -0.3 is 15.1 Å². The van der Waals surface area contributed by atoms with Gasteiger partial charge in [0.05, 0.1) is 12.0 Å². The number of hydrogen-bond donors (Lipinski definition) is 2. The van der Waals surface area contributed by atoms with Gasteiger partial charge in [0.1, 0.15) is 11.5 Å². The van der Waals surface area contributed by atoms with Crippen LogP contribution >= 0.6 is 15.9 Å². The van der Waals surface area contributed by atoms with Crippen molar-refractivity contribution in [2.24, 2.45) is 0 Å². The van der Waals surface area contributed by atoms with Crippen LogP contribution in [-0.2, 0) is 4.79 Å². The fraction of sp³-hybridized carbons (Fsp3) is 0.0476. The van der Waals surface area contributed by atoms with E-state index in [0.717, 1.165) is 10.0 Å². The van der Waals surface area contributed by atoms with Crippen molar-refractivity contribution in [2.45, 2.75) is 6.92 Å². The van der Waals surface area contributed by atoms with Gasteiger partial charge in [0.25, 0.3) is 11.8 Å². The third-order valence-corrected chi connectivity index (χ3v) is 4.39. The van der Waals surface area contributed by atoms with Crippen molar-refractivity contribution in [1.29, 1.82) is 0 Å². The van der Waals surface area contributed by atoms with Crippen LogP contribution in [0.15, 0.2) is 81.5 Å². The van der Waals surface area contributed by atoms with Crippen LogP contribution in [0, 0.1) is 6.92 Å². The number of carbonyl (C=O) groups is 2. The fourth-order valence-electron chi connectivity index (χ4n) is 2.37. The molecule has 1 aromatic heterocycles. The molecule has 3 aromatic rings. The average molecular weight is 425 g/mol. The predicted molar refractivity (Wildman–Crippen MR) is 108 cm³/mol. The molecule has 2 aromatic carbocycles. The molecule has 27 heavy (non-hydrogen) atoms. The Morgan fingerprint density at radius 2 is 1.81 bits per heavy atom. The Hall–Kier alpha value is -3.12. The van der Waals surface area contributed by atoms with Crippen molar-refractivity contribution < 1.29 is 14.0 Å². The molecule has 0 saturated heterocycles. The van der Waals surface area contributed by atoms with Gasteiger partial charge in [-0.05, 0) is 64.8 Å². The summed E-state index contributed by atoms with van der Waals surface area (Å²) in [5.41, 5.74) is 2.19. The second kappa shape index (κ2) is 8.51. The predicted octanol–water partition coefficient (Wildman–Crippen LogP) is 4.76. The molecule has 0 aliphatic rings. The van der Waals surface area contributed by atoms with E-state index in [1.54, 1.807) is 42.5 Å². The lowest BCUT2D eigenvalue weighted by molar-refractivity contribution is -0.113. The summed E-state index contributed by atoms with van der Waals surface area (Å²) in [4.78, 5) is 25.3. The first-order valence-corrected chi connectivity index (χ1v) is 9.01. The molecule has 6 heteroatoms. The Kier molecular flexibility index (Phi) is 5.88.